The van der Waals surface area contributed by atoms with Crippen molar-refractivity contribution < 1.29 is 9.90 Å². The van der Waals surface area contributed by atoms with Crippen LogP contribution in [0.2, 0.25) is 0 Å². The van der Waals surface area contributed by atoms with Crippen LogP contribution in [0.5, 0.6) is 0 Å². The van der Waals surface area contributed by atoms with Crippen LogP contribution >= 0.6 is 0 Å². The van der Waals surface area contributed by atoms with Gasteiger partial charge in [0.25, 0.3) is 5.56 Å². The largest absolute Gasteiger partial charge is 0.481 e. The molecule has 1 aromatic rings. The molecule has 6 nitrogen and oxygen atoms in total. The highest BCUT2D eigenvalue weighted by atomic mass is 16.4. The molecular formula is C11H17N3O3. The Balaban J connectivity index is 2.94. The van der Waals surface area contributed by atoms with Gasteiger partial charge in [0.2, 0.25) is 0 Å². The number of hydrogen-bond acceptors (Lipinski definition) is 4. The van der Waals surface area contributed by atoms with Crippen LogP contribution in [0.25, 0.3) is 0 Å². The molecule has 0 spiro atoms. The lowest BCUT2D eigenvalue weighted by Crippen LogP contribution is -2.23. The lowest BCUT2D eigenvalue weighted by molar-refractivity contribution is -0.136. The molecule has 0 atom stereocenters. The van der Waals surface area contributed by atoms with E-state index in [9.17, 15) is 9.59 Å². The van der Waals surface area contributed by atoms with Gasteiger partial charge in [-0.3, -0.25) is 9.59 Å². The van der Waals surface area contributed by atoms with E-state index in [1.165, 1.54) is 0 Å². The molecule has 1 rings (SSSR count). The van der Waals surface area contributed by atoms with Crippen molar-refractivity contribution in [1.29, 1.82) is 0 Å². The Kier molecular flexibility index (Phi) is 4.39. The van der Waals surface area contributed by atoms with Crippen molar-refractivity contribution in [2.75, 3.05) is 14.1 Å². The number of nitrogens with zero attached hydrogens (tertiary/aromatic N) is 2. The van der Waals surface area contributed by atoms with Crippen LogP contribution in [0.4, 0.5) is 0 Å². The summed E-state index contributed by atoms with van der Waals surface area (Å²) in [6, 6.07) is 0. The number of aryl methyl sites for hydroxylation is 1. The van der Waals surface area contributed by atoms with E-state index in [0.29, 0.717) is 23.6 Å². The lowest BCUT2D eigenvalue weighted by atomic mass is 10.1. The van der Waals surface area contributed by atoms with Crippen molar-refractivity contribution in [3.8, 4) is 0 Å². The number of aromatic amines is 1. The number of aromatic nitrogens is 2. The molecule has 0 fully saturated rings. The quantitative estimate of drug-likeness (QED) is 0.764. The molecule has 0 unspecified atom stereocenters. The van der Waals surface area contributed by atoms with E-state index in [2.05, 4.69) is 9.97 Å². The van der Waals surface area contributed by atoms with E-state index in [0.717, 1.165) is 0 Å². The van der Waals surface area contributed by atoms with Gasteiger partial charge in [0.1, 0.15) is 5.82 Å². The fourth-order valence-corrected chi connectivity index (χ4v) is 1.57. The van der Waals surface area contributed by atoms with Gasteiger partial charge in [0, 0.05) is 17.7 Å². The molecular weight excluding hydrogens is 222 g/mol. The zero-order chi connectivity index (χ0) is 13.0. The number of carbonyl (C=O) groups is 1. The first kappa shape index (κ1) is 13.4. The maximum Gasteiger partial charge on any atom is 0.303 e. The molecule has 0 amide bonds. The zero-order valence-corrected chi connectivity index (χ0v) is 10.3. The third kappa shape index (κ3) is 3.99. The predicted molar refractivity (Wildman–Crippen MR) is 62.9 cm³/mol. The van der Waals surface area contributed by atoms with Crippen LogP contribution in [-0.2, 0) is 17.8 Å². The van der Waals surface area contributed by atoms with E-state index < -0.39 is 5.97 Å². The minimum atomic E-state index is -0.916. The normalized spacial score (nSPS) is 10.8. The molecule has 0 aromatic carbocycles. The number of nitrogens with one attached hydrogen (secondary N) is 1. The molecule has 2 N–H and O–H groups in total. The number of H-pyrrole nitrogens is 1. The van der Waals surface area contributed by atoms with Crippen molar-refractivity contribution in [3.05, 3.63) is 27.4 Å². The zero-order valence-electron chi connectivity index (χ0n) is 10.3. The molecule has 1 heterocycles. The molecule has 1 aromatic heterocycles. The van der Waals surface area contributed by atoms with E-state index in [1.54, 1.807) is 6.92 Å². The smallest absolute Gasteiger partial charge is 0.303 e. The first-order valence-electron chi connectivity index (χ1n) is 5.35. The lowest BCUT2D eigenvalue weighted by Gasteiger charge is -2.10. The molecule has 0 bridgehead atoms. The van der Waals surface area contributed by atoms with Gasteiger partial charge >= 0.3 is 5.97 Å². The fourth-order valence-electron chi connectivity index (χ4n) is 1.57. The number of carboxylic acid groups (broad SMARTS) is 1. The Morgan fingerprint density at radius 1 is 1.47 bits per heavy atom. The highest BCUT2D eigenvalue weighted by Gasteiger charge is 2.10. The number of aliphatic carboxylic acids is 1. The van der Waals surface area contributed by atoms with Gasteiger partial charge in [-0.2, -0.15) is 0 Å². The SMILES string of the molecule is Cc1nc(CN(C)C)[nH]c(=O)c1CCC(=O)O. The van der Waals surface area contributed by atoms with Crippen LogP contribution in [0.1, 0.15) is 23.5 Å². The molecule has 0 saturated carbocycles. The monoisotopic (exact) mass is 239 g/mol. The van der Waals surface area contributed by atoms with Crippen LogP contribution in [0, 0.1) is 6.92 Å². The Morgan fingerprint density at radius 2 is 2.12 bits per heavy atom. The molecule has 6 heteroatoms. The van der Waals surface area contributed by atoms with Crippen molar-refractivity contribution >= 4 is 5.97 Å². The fraction of sp³-hybridized carbons (Fsp3) is 0.545. The van der Waals surface area contributed by atoms with E-state index >= 15 is 0 Å². The molecule has 0 aliphatic heterocycles. The summed E-state index contributed by atoms with van der Waals surface area (Å²) in [6.45, 7) is 2.28. The molecule has 94 valence electrons. The van der Waals surface area contributed by atoms with Gasteiger partial charge in [-0.1, -0.05) is 0 Å². The summed E-state index contributed by atoms with van der Waals surface area (Å²) in [4.78, 5) is 31.0. The predicted octanol–water partition coefficient (Wildman–Crippen LogP) is 0.157. The highest BCUT2D eigenvalue weighted by Crippen LogP contribution is 2.03. The molecule has 0 aliphatic carbocycles. The van der Waals surface area contributed by atoms with Crippen LogP contribution in [-0.4, -0.2) is 40.0 Å². The summed E-state index contributed by atoms with van der Waals surface area (Å²) in [5.74, 6) is -0.322. The van der Waals surface area contributed by atoms with Crippen LogP contribution in [0.3, 0.4) is 0 Å². The summed E-state index contributed by atoms with van der Waals surface area (Å²) in [6.07, 6.45) is 0.157. The van der Waals surface area contributed by atoms with E-state index in [1.807, 2.05) is 19.0 Å². The van der Waals surface area contributed by atoms with E-state index in [4.69, 9.17) is 5.11 Å². The van der Waals surface area contributed by atoms with Gasteiger partial charge in [0.05, 0.1) is 6.54 Å². The first-order chi connectivity index (χ1) is 7.90. The van der Waals surface area contributed by atoms with Crippen LogP contribution < -0.4 is 5.56 Å². The third-order valence-electron chi connectivity index (χ3n) is 2.33. The third-order valence-corrected chi connectivity index (χ3v) is 2.33. The topological polar surface area (TPSA) is 86.3 Å². The molecule has 0 aliphatic rings. The van der Waals surface area contributed by atoms with Crippen molar-refractivity contribution in [2.45, 2.75) is 26.3 Å². The maximum atomic E-state index is 11.7. The summed E-state index contributed by atoms with van der Waals surface area (Å²) in [5, 5.41) is 8.59. The second-order valence-corrected chi connectivity index (χ2v) is 4.21. The van der Waals surface area contributed by atoms with Crippen molar-refractivity contribution in [1.82, 2.24) is 14.9 Å². The molecule has 0 radical (unpaired) electrons. The summed E-state index contributed by atoms with van der Waals surface area (Å²) in [5.41, 5.74) is 0.817. The molecule has 17 heavy (non-hydrogen) atoms. The second-order valence-electron chi connectivity index (χ2n) is 4.21. The van der Waals surface area contributed by atoms with Crippen molar-refractivity contribution in [2.24, 2.45) is 0 Å². The average molecular weight is 239 g/mol. The Bertz CT molecular complexity index is 466. The maximum absolute atomic E-state index is 11.7. The number of hydrogen-bond donors (Lipinski definition) is 2. The molecule has 0 saturated heterocycles. The minimum absolute atomic E-state index is 0.0569. The van der Waals surface area contributed by atoms with Gasteiger partial charge in [0.15, 0.2) is 0 Å². The van der Waals surface area contributed by atoms with E-state index in [-0.39, 0.29) is 18.4 Å². The van der Waals surface area contributed by atoms with Gasteiger partial charge in [-0.05, 0) is 27.4 Å². The van der Waals surface area contributed by atoms with Gasteiger partial charge in [-0.25, -0.2) is 4.98 Å². The average Bonchev–Trinajstić information content (AvgIpc) is 2.14. The number of carboxylic acids is 1. The minimum Gasteiger partial charge on any atom is -0.481 e. The van der Waals surface area contributed by atoms with Gasteiger partial charge in [-0.15, -0.1) is 0 Å². The summed E-state index contributed by atoms with van der Waals surface area (Å²) >= 11 is 0. The Morgan fingerprint density at radius 3 is 2.59 bits per heavy atom. The standard InChI is InChI=1S/C11H17N3O3/c1-7-8(4-5-10(15)16)11(17)13-9(12-7)6-14(2)3/h4-6H2,1-3H3,(H,15,16)(H,12,13,17). The van der Waals surface area contributed by atoms with Crippen molar-refractivity contribution in [3.63, 3.8) is 0 Å². The number of rotatable bonds is 5. The summed E-state index contributed by atoms with van der Waals surface area (Å²) < 4.78 is 0. The van der Waals surface area contributed by atoms with Crippen LogP contribution in [0.15, 0.2) is 4.79 Å². The Hall–Kier alpha value is -1.69. The highest BCUT2D eigenvalue weighted by molar-refractivity contribution is 5.67. The Labute approximate surface area is 99.3 Å². The second kappa shape index (κ2) is 5.58. The van der Waals surface area contributed by atoms with Gasteiger partial charge < -0.3 is 15.0 Å². The summed E-state index contributed by atoms with van der Waals surface area (Å²) in [7, 11) is 3.77. The first-order valence-corrected chi connectivity index (χ1v) is 5.35.